The van der Waals surface area contributed by atoms with Crippen LogP contribution in [0.15, 0.2) is 46.1 Å². The highest BCUT2D eigenvalue weighted by atomic mass is 16.5. The Hall–Kier alpha value is -3.75. The summed E-state index contributed by atoms with van der Waals surface area (Å²) in [5.41, 5.74) is 1.48. The molecule has 0 saturated carbocycles. The Balaban J connectivity index is 1.84. The first kappa shape index (κ1) is 20.0. The minimum atomic E-state index is -0.307. The number of aromatic nitrogens is 2. The van der Waals surface area contributed by atoms with Crippen molar-refractivity contribution in [1.82, 2.24) is 15.1 Å². The second-order valence-electron chi connectivity index (χ2n) is 5.98. The number of aliphatic imine (C=N–C) groups is 1. The van der Waals surface area contributed by atoms with E-state index in [2.05, 4.69) is 15.4 Å². The zero-order valence-electron chi connectivity index (χ0n) is 16.6. The van der Waals surface area contributed by atoms with Crippen LogP contribution in [0.4, 0.5) is 5.69 Å². The maximum atomic E-state index is 12.6. The molecule has 0 bridgehead atoms. The third kappa shape index (κ3) is 4.40. The minimum Gasteiger partial charge on any atom is -0.493 e. The third-order valence-electron chi connectivity index (χ3n) is 4.18. The van der Waals surface area contributed by atoms with Crippen molar-refractivity contribution in [3.8, 4) is 17.2 Å². The van der Waals surface area contributed by atoms with Crippen LogP contribution in [-0.2, 0) is 13.6 Å². The number of nitrogens with one attached hydrogen (secondary N) is 1. The van der Waals surface area contributed by atoms with E-state index in [-0.39, 0.29) is 12.5 Å². The zero-order chi connectivity index (χ0) is 20.8. The van der Waals surface area contributed by atoms with Crippen molar-refractivity contribution in [2.75, 3.05) is 21.3 Å². The molecule has 1 amide bonds. The molecule has 0 spiro atoms. The number of amides is 1. The minimum absolute atomic E-state index is 0.271. The van der Waals surface area contributed by atoms with Crippen molar-refractivity contribution in [3.05, 3.63) is 53.7 Å². The average molecular weight is 398 g/mol. The lowest BCUT2D eigenvalue weighted by Gasteiger charge is -2.12. The molecule has 0 aliphatic carbocycles. The molecular formula is C20H22N4O5. The van der Waals surface area contributed by atoms with E-state index in [1.54, 1.807) is 58.0 Å². The second-order valence-corrected chi connectivity index (χ2v) is 5.98. The van der Waals surface area contributed by atoms with Gasteiger partial charge in [-0.15, -0.1) is 0 Å². The molecule has 0 unspecified atom stereocenters. The van der Waals surface area contributed by atoms with Gasteiger partial charge in [-0.3, -0.25) is 14.5 Å². The largest absolute Gasteiger partial charge is 0.493 e. The standard InChI is InChI=1S/C20H22N4O5/c1-24-18(20(25)22-11-14-6-5-7-29-14)15(12-23-24)21-10-13-8-16(26-2)19(28-4)17(9-13)27-3/h5-10,12H,11H2,1-4H3,(H,22,25). The fourth-order valence-electron chi connectivity index (χ4n) is 2.77. The van der Waals surface area contributed by atoms with Gasteiger partial charge in [-0.05, 0) is 24.3 Å². The molecule has 0 radical (unpaired) electrons. The van der Waals surface area contributed by atoms with Gasteiger partial charge in [0, 0.05) is 18.8 Å². The van der Waals surface area contributed by atoms with Gasteiger partial charge in [0.2, 0.25) is 5.75 Å². The molecule has 0 aliphatic heterocycles. The monoisotopic (exact) mass is 398 g/mol. The Morgan fingerprint density at radius 3 is 2.55 bits per heavy atom. The van der Waals surface area contributed by atoms with Crippen molar-refractivity contribution in [2.24, 2.45) is 12.0 Å². The maximum absolute atomic E-state index is 12.6. The van der Waals surface area contributed by atoms with Crippen molar-refractivity contribution < 1.29 is 23.4 Å². The summed E-state index contributed by atoms with van der Waals surface area (Å²) in [6.45, 7) is 0.271. The molecule has 9 heteroatoms. The lowest BCUT2D eigenvalue weighted by atomic mass is 10.2. The van der Waals surface area contributed by atoms with Gasteiger partial charge in [-0.2, -0.15) is 5.10 Å². The molecule has 0 saturated heterocycles. The smallest absolute Gasteiger partial charge is 0.272 e. The molecule has 152 valence electrons. The van der Waals surface area contributed by atoms with Gasteiger partial charge in [0.15, 0.2) is 17.2 Å². The maximum Gasteiger partial charge on any atom is 0.272 e. The summed E-state index contributed by atoms with van der Waals surface area (Å²) in [5, 5.41) is 6.93. The van der Waals surface area contributed by atoms with Crippen LogP contribution in [0.1, 0.15) is 21.8 Å². The SMILES string of the molecule is COc1cc(C=Nc2cnn(C)c2C(=O)NCc2ccco2)cc(OC)c1OC. The number of carbonyl (C=O) groups excluding carboxylic acids is 1. The molecule has 2 heterocycles. The molecule has 29 heavy (non-hydrogen) atoms. The number of rotatable bonds is 8. The number of aryl methyl sites for hydroxylation is 1. The zero-order valence-corrected chi connectivity index (χ0v) is 16.6. The van der Waals surface area contributed by atoms with Crippen LogP contribution in [0.2, 0.25) is 0 Å². The van der Waals surface area contributed by atoms with E-state index in [0.29, 0.717) is 40.0 Å². The van der Waals surface area contributed by atoms with Crippen molar-refractivity contribution in [3.63, 3.8) is 0 Å². The Kier molecular flexibility index (Phi) is 6.18. The Bertz CT molecular complexity index is 983. The van der Waals surface area contributed by atoms with Crippen molar-refractivity contribution >= 4 is 17.8 Å². The molecular weight excluding hydrogens is 376 g/mol. The molecule has 0 atom stereocenters. The normalized spacial score (nSPS) is 10.9. The fraction of sp³-hybridized carbons (Fsp3) is 0.250. The summed E-state index contributed by atoms with van der Waals surface area (Å²) in [7, 11) is 6.30. The van der Waals surface area contributed by atoms with Gasteiger partial charge in [0.25, 0.3) is 5.91 Å². The Labute approximate surface area is 167 Å². The number of hydrogen-bond acceptors (Lipinski definition) is 7. The van der Waals surface area contributed by atoms with Crippen LogP contribution in [0.5, 0.6) is 17.2 Å². The summed E-state index contributed by atoms with van der Waals surface area (Å²) in [5.74, 6) is 1.86. The van der Waals surface area contributed by atoms with Gasteiger partial charge in [0.1, 0.15) is 11.4 Å². The van der Waals surface area contributed by atoms with E-state index < -0.39 is 0 Å². The van der Waals surface area contributed by atoms with Gasteiger partial charge < -0.3 is 23.9 Å². The first-order chi connectivity index (χ1) is 14.1. The number of hydrogen-bond donors (Lipinski definition) is 1. The predicted molar refractivity (Wildman–Crippen MR) is 106 cm³/mol. The molecule has 3 rings (SSSR count). The van der Waals surface area contributed by atoms with E-state index in [1.807, 2.05) is 0 Å². The quantitative estimate of drug-likeness (QED) is 0.586. The number of carbonyl (C=O) groups is 1. The Morgan fingerprint density at radius 1 is 1.24 bits per heavy atom. The van der Waals surface area contributed by atoms with Gasteiger partial charge in [-0.1, -0.05) is 0 Å². The number of furan rings is 1. The van der Waals surface area contributed by atoms with Crippen molar-refractivity contribution in [2.45, 2.75) is 6.54 Å². The molecule has 1 N–H and O–H groups in total. The van der Waals surface area contributed by atoms with Gasteiger partial charge in [-0.25, -0.2) is 0 Å². The van der Waals surface area contributed by atoms with E-state index in [4.69, 9.17) is 18.6 Å². The topological polar surface area (TPSA) is 100 Å². The lowest BCUT2D eigenvalue weighted by Crippen LogP contribution is -2.25. The third-order valence-corrected chi connectivity index (χ3v) is 4.18. The summed E-state index contributed by atoms with van der Waals surface area (Å²) in [6, 6.07) is 7.07. The van der Waals surface area contributed by atoms with E-state index in [1.165, 1.54) is 18.0 Å². The molecule has 0 fully saturated rings. The van der Waals surface area contributed by atoms with Crippen LogP contribution in [0, 0.1) is 0 Å². The number of methoxy groups -OCH3 is 3. The molecule has 9 nitrogen and oxygen atoms in total. The Morgan fingerprint density at radius 2 is 1.97 bits per heavy atom. The van der Waals surface area contributed by atoms with E-state index >= 15 is 0 Å². The summed E-state index contributed by atoms with van der Waals surface area (Å²) in [4.78, 5) is 17.0. The average Bonchev–Trinajstić information content (AvgIpc) is 3.39. The van der Waals surface area contributed by atoms with E-state index in [9.17, 15) is 4.79 Å². The van der Waals surface area contributed by atoms with E-state index in [0.717, 1.165) is 0 Å². The first-order valence-electron chi connectivity index (χ1n) is 8.74. The summed E-state index contributed by atoms with van der Waals surface area (Å²) < 4.78 is 22.7. The summed E-state index contributed by atoms with van der Waals surface area (Å²) in [6.07, 6.45) is 4.68. The second kappa shape index (κ2) is 8.96. The van der Waals surface area contributed by atoms with Crippen LogP contribution in [-0.4, -0.2) is 43.2 Å². The highest BCUT2D eigenvalue weighted by molar-refractivity contribution is 5.98. The summed E-state index contributed by atoms with van der Waals surface area (Å²) >= 11 is 0. The molecule has 3 aromatic rings. The number of benzene rings is 1. The number of nitrogens with zero attached hydrogens (tertiary/aromatic N) is 3. The highest BCUT2D eigenvalue weighted by Crippen LogP contribution is 2.37. The lowest BCUT2D eigenvalue weighted by molar-refractivity contribution is 0.0939. The van der Waals surface area contributed by atoms with Gasteiger partial charge >= 0.3 is 0 Å². The fourth-order valence-corrected chi connectivity index (χ4v) is 2.77. The highest BCUT2D eigenvalue weighted by Gasteiger charge is 2.17. The predicted octanol–water partition coefficient (Wildman–Crippen LogP) is 2.72. The first-order valence-corrected chi connectivity index (χ1v) is 8.74. The van der Waals surface area contributed by atoms with Crippen LogP contribution < -0.4 is 19.5 Å². The van der Waals surface area contributed by atoms with Crippen molar-refractivity contribution in [1.29, 1.82) is 0 Å². The molecule has 1 aromatic carbocycles. The number of ether oxygens (including phenoxy) is 3. The van der Waals surface area contributed by atoms with Crippen LogP contribution in [0.25, 0.3) is 0 Å². The molecule has 2 aromatic heterocycles. The molecule has 0 aliphatic rings. The van der Waals surface area contributed by atoms with Crippen LogP contribution >= 0.6 is 0 Å². The van der Waals surface area contributed by atoms with Gasteiger partial charge in [0.05, 0.1) is 40.3 Å². The van der Waals surface area contributed by atoms with Crippen LogP contribution in [0.3, 0.4) is 0 Å².